The molecular weight excluding hydrogens is 204 g/mol. The molecule has 0 bridgehead atoms. The van der Waals surface area contributed by atoms with Crippen LogP contribution >= 0.6 is 11.3 Å². The van der Waals surface area contributed by atoms with Crippen molar-refractivity contribution in [1.29, 1.82) is 0 Å². The molecule has 0 aliphatic heterocycles. The van der Waals surface area contributed by atoms with Gasteiger partial charge in [-0.05, 0) is 24.5 Å². The lowest BCUT2D eigenvalue weighted by molar-refractivity contribution is 0.651. The van der Waals surface area contributed by atoms with Crippen molar-refractivity contribution in [3.05, 3.63) is 29.3 Å². The van der Waals surface area contributed by atoms with Gasteiger partial charge in [0.15, 0.2) is 0 Å². The molecule has 0 amide bonds. The van der Waals surface area contributed by atoms with E-state index in [0.717, 1.165) is 24.0 Å². The lowest BCUT2D eigenvalue weighted by atomic mass is 10.3. The molecule has 1 fully saturated rings. The molecule has 1 heterocycles. The predicted octanol–water partition coefficient (Wildman–Crippen LogP) is 2.79. The molecule has 2 aromatic rings. The van der Waals surface area contributed by atoms with E-state index >= 15 is 0 Å². The number of thiazole rings is 1. The van der Waals surface area contributed by atoms with E-state index in [9.17, 15) is 0 Å². The number of rotatable bonds is 3. The Morgan fingerprint density at radius 3 is 3.00 bits per heavy atom. The van der Waals surface area contributed by atoms with Crippen LogP contribution in [0.3, 0.4) is 0 Å². The first-order valence-corrected chi connectivity index (χ1v) is 6.22. The van der Waals surface area contributed by atoms with Crippen molar-refractivity contribution in [3.63, 3.8) is 0 Å². The van der Waals surface area contributed by atoms with Crippen molar-refractivity contribution in [2.45, 2.75) is 25.9 Å². The lowest BCUT2D eigenvalue weighted by Crippen LogP contribution is -2.16. The predicted molar refractivity (Wildman–Crippen MR) is 64.0 cm³/mol. The highest BCUT2D eigenvalue weighted by Crippen LogP contribution is 2.30. The highest BCUT2D eigenvalue weighted by atomic mass is 32.1. The van der Waals surface area contributed by atoms with Gasteiger partial charge in [-0.25, -0.2) is 4.98 Å². The molecule has 3 heteroatoms. The van der Waals surface area contributed by atoms with E-state index in [1.165, 1.54) is 16.1 Å². The van der Waals surface area contributed by atoms with Crippen LogP contribution in [0.2, 0.25) is 0 Å². The molecule has 2 nitrogen and oxygen atoms in total. The van der Waals surface area contributed by atoms with Crippen molar-refractivity contribution < 1.29 is 0 Å². The van der Waals surface area contributed by atoms with E-state index in [1.54, 1.807) is 11.3 Å². The van der Waals surface area contributed by atoms with Crippen molar-refractivity contribution >= 4 is 21.6 Å². The molecule has 1 N–H and O–H groups in total. The Labute approximate surface area is 93.3 Å². The van der Waals surface area contributed by atoms with Crippen LogP contribution in [-0.4, -0.2) is 11.0 Å². The van der Waals surface area contributed by atoms with E-state index in [2.05, 4.69) is 35.4 Å². The summed E-state index contributed by atoms with van der Waals surface area (Å²) in [7, 11) is 0. The highest BCUT2D eigenvalue weighted by molar-refractivity contribution is 7.18. The van der Waals surface area contributed by atoms with Gasteiger partial charge in [0.2, 0.25) is 0 Å². The van der Waals surface area contributed by atoms with Gasteiger partial charge in [0.25, 0.3) is 0 Å². The molecule has 0 spiro atoms. The number of benzene rings is 1. The summed E-state index contributed by atoms with van der Waals surface area (Å²) in [6.07, 6.45) is 1.32. The van der Waals surface area contributed by atoms with Crippen LogP contribution in [0.25, 0.3) is 10.2 Å². The Bertz CT molecular complexity index is 444. The third-order valence-corrected chi connectivity index (χ3v) is 4.00. The quantitative estimate of drug-likeness (QED) is 0.857. The van der Waals surface area contributed by atoms with Gasteiger partial charge in [-0.2, -0.15) is 0 Å². The zero-order valence-corrected chi connectivity index (χ0v) is 9.55. The zero-order valence-electron chi connectivity index (χ0n) is 8.73. The summed E-state index contributed by atoms with van der Waals surface area (Å²) in [6, 6.07) is 9.06. The van der Waals surface area contributed by atoms with Gasteiger partial charge in [0.05, 0.1) is 10.2 Å². The molecule has 1 aromatic carbocycles. The standard InChI is InChI=1S/C12H14N2S/c1-8-6-10(8)13-7-12-14-9-4-2-3-5-11(9)15-12/h2-5,8,10,13H,6-7H2,1H3. The van der Waals surface area contributed by atoms with Crippen molar-refractivity contribution in [3.8, 4) is 0 Å². The Hall–Kier alpha value is -0.930. The average molecular weight is 218 g/mol. The number of para-hydroxylation sites is 1. The fraction of sp³-hybridized carbons (Fsp3) is 0.417. The molecule has 1 aliphatic carbocycles. The smallest absolute Gasteiger partial charge is 0.108 e. The zero-order chi connectivity index (χ0) is 10.3. The first-order chi connectivity index (χ1) is 7.33. The number of aromatic nitrogens is 1. The number of hydrogen-bond donors (Lipinski definition) is 1. The topological polar surface area (TPSA) is 24.9 Å². The van der Waals surface area contributed by atoms with E-state index in [0.29, 0.717) is 0 Å². The Morgan fingerprint density at radius 2 is 2.27 bits per heavy atom. The number of nitrogens with one attached hydrogen (secondary N) is 1. The normalized spacial score (nSPS) is 24.6. The molecule has 1 saturated carbocycles. The number of fused-ring (bicyclic) bond motifs is 1. The third kappa shape index (κ3) is 1.90. The molecule has 1 aliphatic rings. The molecule has 1 aromatic heterocycles. The number of nitrogens with zero attached hydrogens (tertiary/aromatic N) is 1. The summed E-state index contributed by atoms with van der Waals surface area (Å²) in [4.78, 5) is 4.59. The summed E-state index contributed by atoms with van der Waals surface area (Å²) in [5.74, 6) is 0.861. The van der Waals surface area contributed by atoms with Crippen LogP contribution in [0, 0.1) is 5.92 Å². The highest BCUT2D eigenvalue weighted by Gasteiger charge is 2.31. The van der Waals surface area contributed by atoms with Gasteiger partial charge in [-0.1, -0.05) is 19.1 Å². The maximum Gasteiger partial charge on any atom is 0.108 e. The molecule has 2 atom stereocenters. The average Bonchev–Trinajstić information content (AvgIpc) is 2.79. The van der Waals surface area contributed by atoms with E-state index in [4.69, 9.17) is 0 Å². The summed E-state index contributed by atoms with van der Waals surface area (Å²) in [6.45, 7) is 3.21. The minimum absolute atomic E-state index is 0.733. The molecule has 2 unspecified atom stereocenters. The molecule has 78 valence electrons. The summed E-state index contributed by atoms with van der Waals surface area (Å²) in [5.41, 5.74) is 1.13. The van der Waals surface area contributed by atoms with E-state index in [-0.39, 0.29) is 0 Å². The van der Waals surface area contributed by atoms with Gasteiger partial charge < -0.3 is 5.32 Å². The minimum atomic E-state index is 0.733. The Balaban J connectivity index is 1.74. The van der Waals surface area contributed by atoms with Gasteiger partial charge >= 0.3 is 0 Å². The van der Waals surface area contributed by atoms with Crippen LogP contribution in [0.1, 0.15) is 18.4 Å². The van der Waals surface area contributed by atoms with Crippen LogP contribution in [-0.2, 0) is 6.54 Å². The summed E-state index contributed by atoms with van der Waals surface area (Å²) >= 11 is 1.79. The van der Waals surface area contributed by atoms with Gasteiger partial charge in [-0.15, -0.1) is 11.3 Å². The molecule has 0 radical (unpaired) electrons. The minimum Gasteiger partial charge on any atom is -0.307 e. The Morgan fingerprint density at radius 1 is 1.47 bits per heavy atom. The largest absolute Gasteiger partial charge is 0.307 e. The lowest BCUT2D eigenvalue weighted by Gasteiger charge is -1.97. The van der Waals surface area contributed by atoms with E-state index in [1.807, 2.05) is 6.07 Å². The SMILES string of the molecule is CC1CC1NCc1nc2ccccc2s1. The van der Waals surface area contributed by atoms with Crippen LogP contribution in [0.5, 0.6) is 0 Å². The first kappa shape index (κ1) is 9.31. The molecular formula is C12H14N2S. The van der Waals surface area contributed by atoms with Crippen LogP contribution < -0.4 is 5.32 Å². The van der Waals surface area contributed by atoms with Gasteiger partial charge in [0, 0.05) is 12.6 Å². The molecule has 15 heavy (non-hydrogen) atoms. The van der Waals surface area contributed by atoms with Gasteiger partial charge in [0.1, 0.15) is 5.01 Å². The first-order valence-electron chi connectivity index (χ1n) is 5.41. The second-order valence-electron chi connectivity index (χ2n) is 4.28. The number of hydrogen-bond acceptors (Lipinski definition) is 3. The maximum atomic E-state index is 4.59. The van der Waals surface area contributed by atoms with Crippen LogP contribution in [0.4, 0.5) is 0 Å². The Kier molecular flexibility index (Phi) is 2.22. The monoisotopic (exact) mass is 218 g/mol. The third-order valence-electron chi connectivity index (χ3n) is 2.96. The van der Waals surface area contributed by atoms with Crippen molar-refractivity contribution in [2.75, 3.05) is 0 Å². The summed E-state index contributed by atoms with van der Waals surface area (Å²) < 4.78 is 1.29. The van der Waals surface area contributed by atoms with Gasteiger partial charge in [-0.3, -0.25) is 0 Å². The van der Waals surface area contributed by atoms with E-state index < -0.39 is 0 Å². The maximum absolute atomic E-state index is 4.59. The molecule has 3 rings (SSSR count). The summed E-state index contributed by atoms with van der Waals surface area (Å²) in [5, 5.41) is 4.74. The van der Waals surface area contributed by atoms with Crippen LogP contribution in [0.15, 0.2) is 24.3 Å². The van der Waals surface area contributed by atoms with Crippen molar-refractivity contribution in [2.24, 2.45) is 5.92 Å². The second kappa shape index (κ2) is 3.58. The molecule has 0 saturated heterocycles. The van der Waals surface area contributed by atoms with Crippen molar-refractivity contribution in [1.82, 2.24) is 10.3 Å². The second-order valence-corrected chi connectivity index (χ2v) is 5.39. The fourth-order valence-electron chi connectivity index (χ4n) is 1.82. The fourth-order valence-corrected chi connectivity index (χ4v) is 2.74.